The molecule has 0 fully saturated rings. The first-order valence-electron chi connectivity index (χ1n) is 2.33. The van der Waals surface area contributed by atoms with E-state index >= 15 is 0 Å². The number of halogens is 1. The van der Waals surface area contributed by atoms with Crippen molar-refractivity contribution in [2.75, 3.05) is 0 Å². The molecular weight excluding hydrogens is 180 g/mol. The first kappa shape index (κ1) is 8.20. The van der Waals surface area contributed by atoms with Crippen LogP contribution in [-0.4, -0.2) is 0 Å². The zero-order chi connectivity index (χ0) is 7.28. The second-order valence-electron chi connectivity index (χ2n) is 1.53. The van der Waals surface area contributed by atoms with Gasteiger partial charge < -0.3 is 0 Å². The summed E-state index contributed by atoms with van der Waals surface area (Å²) in [6.45, 7) is 3.51. The molecular formula is C6H5BrN2. The fraction of sp³-hybridized carbons (Fsp3) is 0.333. The van der Waals surface area contributed by atoms with Crippen molar-refractivity contribution in [1.82, 2.24) is 0 Å². The summed E-state index contributed by atoms with van der Waals surface area (Å²) in [6, 6.07) is 3.66. The van der Waals surface area contributed by atoms with Crippen molar-refractivity contribution in [3.8, 4) is 12.1 Å². The van der Waals surface area contributed by atoms with Crippen LogP contribution in [0.5, 0.6) is 0 Å². The minimum atomic E-state index is -0.558. The maximum Gasteiger partial charge on any atom is 0.137 e. The van der Waals surface area contributed by atoms with Gasteiger partial charge in [0.05, 0.1) is 12.1 Å². The van der Waals surface area contributed by atoms with Crippen LogP contribution in [0.15, 0.2) is 11.1 Å². The monoisotopic (exact) mass is 184 g/mol. The van der Waals surface area contributed by atoms with Crippen molar-refractivity contribution < 1.29 is 0 Å². The molecule has 2 nitrogen and oxygen atoms in total. The highest BCUT2D eigenvalue weighted by molar-refractivity contribution is 9.11. The highest BCUT2D eigenvalue weighted by Crippen LogP contribution is 2.13. The van der Waals surface area contributed by atoms with Gasteiger partial charge in [0.2, 0.25) is 0 Å². The molecule has 0 aromatic heterocycles. The van der Waals surface area contributed by atoms with Crippen molar-refractivity contribution in [3.05, 3.63) is 11.1 Å². The molecule has 0 saturated heterocycles. The quantitative estimate of drug-likeness (QED) is 0.659. The molecule has 0 aliphatic rings. The van der Waals surface area contributed by atoms with Crippen LogP contribution in [0.1, 0.15) is 6.42 Å². The number of nitriles is 2. The lowest BCUT2D eigenvalue weighted by Gasteiger charge is -1.93. The molecule has 0 bridgehead atoms. The van der Waals surface area contributed by atoms with E-state index in [4.69, 9.17) is 10.5 Å². The fourth-order valence-corrected chi connectivity index (χ4v) is 0.665. The maximum absolute atomic E-state index is 8.24. The molecule has 0 saturated carbocycles. The van der Waals surface area contributed by atoms with Crippen LogP contribution < -0.4 is 0 Å². The third-order valence-corrected chi connectivity index (χ3v) is 1.06. The van der Waals surface area contributed by atoms with Crippen molar-refractivity contribution in [1.29, 1.82) is 10.5 Å². The van der Waals surface area contributed by atoms with Crippen molar-refractivity contribution in [3.63, 3.8) is 0 Å². The summed E-state index contributed by atoms with van der Waals surface area (Å²) in [7, 11) is 0. The summed E-state index contributed by atoms with van der Waals surface area (Å²) < 4.78 is 0.690. The van der Waals surface area contributed by atoms with Crippen molar-refractivity contribution >= 4 is 15.9 Å². The Labute approximate surface area is 62.5 Å². The molecule has 0 N–H and O–H groups in total. The number of hydrogen-bond donors (Lipinski definition) is 0. The lowest BCUT2D eigenvalue weighted by Crippen LogP contribution is -1.90. The first-order chi connectivity index (χ1) is 4.20. The SMILES string of the molecule is C=C(Br)CC(C#N)C#N. The van der Waals surface area contributed by atoms with E-state index in [1.807, 2.05) is 12.1 Å². The van der Waals surface area contributed by atoms with E-state index in [1.54, 1.807) is 0 Å². The third kappa shape index (κ3) is 3.76. The molecule has 0 aromatic rings. The maximum atomic E-state index is 8.24. The van der Waals surface area contributed by atoms with E-state index in [2.05, 4.69) is 22.5 Å². The zero-order valence-electron chi connectivity index (χ0n) is 4.76. The van der Waals surface area contributed by atoms with Crippen LogP contribution in [0.2, 0.25) is 0 Å². The highest BCUT2D eigenvalue weighted by atomic mass is 79.9. The largest absolute Gasteiger partial charge is 0.197 e. The van der Waals surface area contributed by atoms with Crippen molar-refractivity contribution in [2.24, 2.45) is 5.92 Å². The molecule has 46 valence electrons. The fourth-order valence-electron chi connectivity index (χ4n) is 0.342. The molecule has 0 radical (unpaired) electrons. The molecule has 0 spiro atoms. The van der Waals surface area contributed by atoms with Gasteiger partial charge in [-0.3, -0.25) is 0 Å². The van der Waals surface area contributed by atoms with Gasteiger partial charge in [-0.15, -0.1) is 0 Å². The standard InChI is InChI=1S/C6H5BrN2/c1-5(7)2-6(3-8)4-9/h6H,1-2H2. The Morgan fingerprint density at radius 1 is 1.56 bits per heavy atom. The van der Waals surface area contributed by atoms with Crippen LogP contribution in [-0.2, 0) is 0 Å². The number of hydrogen-bond acceptors (Lipinski definition) is 2. The summed E-state index contributed by atoms with van der Waals surface area (Å²) in [4.78, 5) is 0. The second kappa shape index (κ2) is 4.12. The molecule has 0 atom stereocenters. The Hall–Kier alpha value is -0.800. The zero-order valence-corrected chi connectivity index (χ0v) is 6.35. The summed E-state index contributed by atoms with van der Waals surface area (Å²) >= 11 is 3.06. The summed E-state index contributed by atoms with van der Waals surface area (Å²) in [5, 5.41) is 16.5. The molecule has 3 heteroatoms. The normalized spacial score (nSPS) is 8.00. The summed E-state index contributed by atoms with van der Waals surface area (Å²) in [5.74, 6) is -0.558. The predicted octanol–water partition coefficient (Wildman–Crippen LogP) is 1.95. The lowest BCUT2D eigenvalue weighted by molar-refractivity contribution is 0.858. The highest BCUT2D eigenvalue weighted by Gasteiger charge is 2.04. The van der Waals surface area contributed by atoms with Gasteiger partial charge in [-0.05, 0) is 4.48 Å². The first-order valence-corrected chi connectivity index (χ1v) is 3.12. The number of nitrogens with zero attached hydrogens (tertiary/aromatic N) is 2. The predicted molar refractivity (Wildman–Crippen MR) is 37.4 cm³/mol. The average Bonchev–Trinajstić information content (AvgIpc) is 1.82. The van der Waals surface area contributed by atoms with Gasteiger partial charge in [-0.2, -0.15) is 10.5 Å². The van der Waals surface area contributed by atoms with Crippen LogP contribution >= 0.6 is 15.9 Å². The molecule has 0 rings (SSSR count). The van der Waals surface area contributed by atoms with E-state index in [0.717, 1.165) is 0 Å². The Morgan fingerprint density at radius 3 is 2.11 bits per heavy atom. The molecule has 0 aliphatic carbocycles. The van der Waals surface area contributed by atoms with Gasteiger partial charge in [0.1, 0.15) is 5.92 Å². The van der Waals surface area contributed by atoms with E-state index in [0.29, 0.717) is 10.9 Å². The summed E-state index contributed by atoms with van der Waals surface area (Å²) in [6.07, 6.45) is 0.410. The Bertz CT molecular complexity index is 170. The minimum Gasteiger partial charge on any atom is -0.197 e. The Balaban J connectivity index is 3.78. The molecule has 0 heterocycles. The van der Waals surface area contributed by atoms with E-state index < -0.39 is 5.92 Å². The summed E-state index contributed by atoms with van der Waals surface area (Å²) in [5.41, 5.74) is 0. The third-order valence-electron chi connectivity index (χ3n) is 0.737. The van der Waals surface area contributed by atoms with Crippen LogP contribution in [0, 0.1) is 28.6 Å². The van der Waals surface area contributed by atoms with E-state index in [-0.39, 0.29) is 0 Å². The number of rotatable bonds is 2. The van der Waals surface area contributed by atoms with Gasteiger partial charge in [0.25, 0.3) is 0 Å². The smallest absolute Gasteiger partial charge is 0.137 e. The molecule has 9 heavy (non-hydrogen) atoms. The average molecular weight is 185 g/mol. The van der Waals surface area contributed by atoms with Gasteiger partial charge in [0.15, 0.2) is 0 Å². The van der Waals surface area contributed by atoms with Gasteiger partial charge in [-0.1, -0.05) is 22.5 Å². The van der Waals surface area contributed by atoms with Crippen LogP contribution in [0.4, 0.5) is 0 Å². The van der Waals surface area contributed by atoms with Crippen LogP contribution in [0.3, 0.4) is 0 Å². The molecule has 0 unspecified atom stereocenters. The lowest BCUT2D eigenvalue weighted by atomic mass is 10.1. The van der Waals surface area contributed by atoms with E-state index in [1.165, 1.54) is 0 Å². The second-order valence-corrected chi connectivity index (χ2v) is 2.65. The van der Waals surface area contributed by atoms with Crippen molar-refractivity contribution in [2.45, 2.75) is 6.42 Å². The molecule has 0 amide bonds. The van der Waals surface area contributed by atoms with Crippen LogP contribution in [0.25, 0.3) is 0 Å². The number of allylic oxidation sites excluding steroid dienone is 1. The van der Waals surface area contributed by atoms with Gasteiger partial charge in [-0.25, -0.2) is 0 Å². The van der Waals surface area contributed by atoms with E-state index in [9.17, 15) is 0 Å². The van der Waals surface area contributed by atoms with Gasteiger partial charge >= 0.3 is 0 Å². The topological polar surface area (TPSA) is 47.6 Å². The Morgan fingerprint density at radius 2 is 2.00 bits per heavy atom. The molecule has 0 aromatic carbocycles. The Kier molecular flexibility index (Phi) is 3.75. The van der Waals surface area contributed by atoms with Gasteiger partial charge in [0, 0.05) is 6.42 Å². The molecule has 0 aliphatic heterocycles. The minimum absolute atomic E-state index is 0.410.